The minimum absolute atomic E-state index is 0.0404. The van der Waals surface area contributed by atoms with Crippen molar-refractivity contribution in [2.45, 2.75) is 82.9 Å². The van der Waals surface area contributed by atoms with Crippen LogP contribution in [-0.4, -0.2) is 51.1 Å². The van der Waals surface area contributed by atoms with Gasteiger partial charge in [0.1, 0.15) is 0 Å². The normalized spacial score (nSPS) is 24.6. The van der Waals surface area contributed by atoms with Crippen LogP contribution in [0.5, 0.6) is 0 Å². The second kappa shape index (κ2) is 8.13. The number of carbonyl (C=O) groups is 1. The van der Waals surface area contributed by atoms with Gasteiger partial charge in [-0.15, -0.1) is 0 Å². The molecule has 156 valence electrons. The highest BCUT2D eigenvalue weighted by molar-refractivity contribution is 7.89. The molecule has 2 aliphatic heterocycles. The average molecular weight is 409 g/mol. The number of carbonyl (C=O) groups excluding carboxylic acids is 1. The monoisotopic (exact) mass is 408 g/mol. The molecule has 2 aliphatic rings. The molecule has 2 bridgehead atoms. The van der Waals surface area contributed by atoms with Gasteiger partial charge in [-0.1, -0.05) is 6.07 Å². The minimum atomic E-state index is -3.66. The number of methoxy groups -OCH3 is 1. The molecule has 1 aromatic rings. The molecule has 2 heterocycles. The molecular formula is C21H32N2O4S. The first-order valence-electron chi connectivity index (χ1n) is 10.1. The molecule has 2 atom stereocenters. The number of fused-ring (bicyclic) bond motifs is 2. The summed E-state index contributed by atoms with van der Waals surface area (Å²) in [5, 5.41) is 0. The third-order valence-electron chi connectivity index (χ3n) is 6.51. The number of rotatable bonds is 6. The zero-order chi connectivity index (χ0) is 20.6. The first-order chi connectivity index (χ1) is 13.2. The highest BCUT2D eigenvalue weighted by Crippen LogP contribution is 2.37. The Bertz CT molecular complexity index is 825. The first kappa shape index (κ1) is 21.3. The number of benzene rings is 1. The molecule has 2 fully saturated rings. The molecule has 7 heteroatoms. The number of hydrogen-bond acceptors (Lipinski definition) is 4. The average Bonchev–Trinajstić information content (AvgIpc) is 2.90. The van der Waals surface area contributed by atoms with Crippen LogP contribution in [-0.2, 0) is 19.6 Å². The van der Waals surface area contributed by atoms with Crippen LogP contribution in [0.1, 0.15) is 54.4 Å². The zero-order valence-corrected chi connectivity index (χ0v) is 18.4. The fourth-order valence-electron chi connectivity index (χ4n) is 4.80. The number of piperidine rings is 1. The summed E-state index contributed by atoms with van der Waals surface area (Å²) in [5.41, 5.74) is 3.44. The van der Waals surface area contributed by atoms with Crippen molar-refractivity contribution >= 4 is 15.9 Å². The molecule has 28 heavy (non-hydrogen) atoms. The van der Waals surface area contributed by atoms with E-state index in [0.717, 1.165) is 47.9 Å². The molecule has 0 radical (unpaired) electrons. The van der Waals surface area contributed by atoms with E-state index in [2.05, 4.69) is 4.72 Å². The summed E-state index contributed by atoms with van der Waals surface area (Å²) < 4.78 is 34.0. The van der Waals surface area contributed by atoms with Crippen LogP contribution in [0.15, 0.2) is 11.0 Å². The van der Waals surface area contributed by atoms with Gasteiger partial charge >= 0.3 is 0 Å². The number of aryl methyl sites for hydroxylation is 2. The highest BCUT2D eigenvalue weighted by atomic mass is 32.2. The summed E-state index contributed by atoms with van der Waals surface area (Å²) in [5.74, 6) is 0.0404. The number of nitrogens with one attached hydrogen (secondary N) is 1. The number of hydrogen-bond donors (Lipinski definition) is 1. The van der Waals surface area contributed by atoms with Crippen molar-refractivity contribution in [2.24, 2.45) is 0 Å². The molecule has 3 rings (SSSR count). The van der Waals surface area contributed by atoms with Gasteiger partial charge in [-0.3, -0.25) is 4.79 Å². The molecule has 0 saturated carbocycles. The second-order valence-corrected chi connectivity index (χ2v) is 9.96. The SMILES string of the molecule is COC1CC2CCC(C1)N2C(=O)CCNS(=O)(=O)c1c(C)c(C)cc(C)c1C. The van der Waals surface area contributed by atoms with Crippen molar-refractivity contribution in [3.63, 3.8) is 0 Å². The van der Waals surface area contributed by atoms with Crippen molar-refractivity contribution in [2.75, 3.05) is 13.7 Å². The molecule has 6 nitrogen and oxygen atoms in total. The van der Waals surface area contributed by atoms with Gasteiger partial charge in [0.25, 0.3) is 0 Å². The van der Waals surface area contributed by atoms with Crippen molar-refractivity contribution in [3.8, 4) is 0 Å². The van der Waals surface area contributed by atoms with Gasteiger partial charge in [-0.2, -0.15) is 0 Å². The molecular weight excluding hydrogens is 376 g/mol. The van der Waals surface area contributed by atoms with E-state index in [4.69, 9.17) is 4.74 Å². The van der Waals surface area contributed by atoms with Gasteiger partial charge in [0.05, 0.1) is 11.0 Å². The van der Waals surface area contributed by atoms with Crippen LogP contribution >= 0.6 is 0 Å². The first-order valence-corrected chi connectivity index (χ1v) is 11.5. The van der Waals surface area contributed by atoms with Gasteiger partial charge in [0, 0.05) is 32.2 Å². The summed E-state index contributed by atoms with van der Waals surface area (Å²) in [6.07, 6.45) is 4.21. The largest absolute Gasteiger partial charge is 0.381 e. The van der Waals surface area contributed by atoms with E-state index < -0.39 is 10.0 Å². The molecule has 0 aromatic heterocycles. The minimum Gasteiger partial charge on any atom is -0.381 e. The molecule has 1 amide bonds. The smallest absolute Gasteiger partial charge is 0.241 e. The zero-order valence-electron chi connectivity index (χ0n) is 17.5. The maximum absolute atomic E-state index is 12.9. The number of sulfonamides is 1. The Balaban J connectivity index is 1.65. The summed E-state index contributed by atoms with van der Waals surface area (Å²) >= 11 is 0. The number of ether oxygens (including phenoxy) is 1. The molecule has 2 unspecified atom stereocenters. The maximum Gasteiger partial charge on any atom is 0.241 e. The van der Waals surface area contributed by atoms with Crippen molar-refractivity contribution < 1.29 is 17.9 Å². The van der Waals surface area contributed by atoms with E-state index in [1.54, 1.807) is 7.11 Å². The van der Waals surface area contributed by atoms with Crippen molar-refractivity contribution in [3.05, 3.63) is 28.3 Å². The lowest BCUT2D eigenvalue weighted by Gasteiger charge is -2.38. The molecule has 0 spiro atoms. The Kier molecular flexibility index (Phi) is 6.17. The predicted molar refractivity (Wildman–Crippen MR) is 109 cm³/mol. The molecule has 0 aliphatic carbocycles. The van der Waals surface area contributed by atoms with E-state index in [1.165, 1.54) is 0 Å². The lowest BCUT2D eigenvalue weighted by atomic mass is 9.99. The van der Waals surface area contributed by atoms with E-state index in [1.807, 2.05) is 38.7 Å². The Hall–Kier alpha value is -1.44. The van der Waals surface area contributed by atoms with Gasteiger partial charge < -0.3 is 9.64 Å². The summed E-state index contributed by atoms with van der Waals surface area (Å²) in [6, 6.07) is 2.47. The predicted octanol–water partition coefficient (Wildman–Crippen LogP) is 2.76. The van der Waals surface area contributed by atoms with Crippen LogP contribution in [0.2, 0.25) is 0 Å². The topological polar surface area (TPSA) is 75.7 Å². The lowest BCUT2D eigenvalue weighted by Crippen LogP contribution is -2.49. The van der Waals surface area contributed by atoms with E-state index in [-0.39, 0.29) is 37.1 Å². The van der Waals surface area contributed by atoms with E-state index in [9.17, 15) is 13.2 Å². The fourth-order valence-corrected chi connectivity index (χ4v) is 6.45. The summed E-state index contributed by atoms with van der Waals surface area (Å²) in [7, 11) is -1.93. The highest BCUT2D eigenvalue weighted by Gasteiger charge is 2.43. The van der Waals surface area contributed by atoms with E-state index in [0.29, 0.717) is 4.90 Å². The third-order valence-corrected chi connectivity index (χ3v) is 8.24. The molecule has 1 N–H and O–H groups in total. The summed E-state index contributed by atoms with van der Waals surface area (Å²) in [4.78, 5) is 15.1. The Morgan fingerprint density at radius 3 is 2.14 bits per heavy atom. The van der Waals surface area contributed by atoms with Crippen LogP contribution in [0, 0.1) is 27.7 Å². The van der Waals surface area contributed by atoms with Gasteiger partial charge in [0.15, 0.2) is 0 Å². The van der Waals surface area contributed by atoms with Crippen molar-refractivity contribution in [1.29, 1.82) is 0 Å². The van der Waals surface area contributed by atoms with Gasteiger partial charge in [0.2, 0.25) is 15.9 Å². The molecule has 1 aromatic carbocycles. The van der Waals surface area contributed by atoms with Crippen LogP contribution < -0.4 is 4.72 Å². The van der Waals surface area contributed by atoms with Crippen molar-refractivity contribution in [1.82, 2.24) is 9.62 Å². The lowest BCUT2D eigenvalue weighted by molar-refractivity contribution is -0.137. The van der Waals surface area contributed by atoms with E-state index >= 15 is 0 Å². The van der Waals surface area contributed by atoms with Gasteiger partial charge in [-0.05, 0) is 75.6 Å². The quantitative estimate of drug-likeness (QED) is 0.785. The van der Waals surface area contributed by atoms with Crippen LogP contribution in [0.25, 0.3) is 0 Å². The number of amides is 1. The van der Waals surface area contributed by atoms with Crippen LogP contribution in [0.3, 0.4) is 0 Å². The summed E-state index contributed by atoms with van der Waals surface area (Å²) in [6.45, 7) is 7.63. The standard InChI is InChI=1S/C21H32N2O4S/c1-13-10-14(2)16(4)21(15(13)3)28(25,26)22-9-8-20(24)23-17-6-7-18(23)12-19(11-17)27-5/h10,17-19,22H,6-9,11-12H2,1-5H3. The number of nitrogens with zero attached hydrogens (tertiary/aromatic N) is 1. The fraction of sp³-hybridized carbons (Fsp3) is 0.667. The third kappa shape index (κ3) is 3.98. The Morgan fingerprint density at radius 2 is 1.64 bits per heavy atom. The maximum atomic E-state index is 12.9. The Morgan fingerprint density at radius 1 is 1.11 bits per heavy atom. The second-order valence-electron chi connectivity index (χ2n) is 8.25. The Labute approximate surface area is 168 Å². The molecule has 2 saturated heterocycles. The van der Waals surface area contributed by atoms with Gasteiger partial charge in [-0.25, -0.2) is 13.1 Å². The van der Waals surface area contributed by atoms with Crippen LogP contribution in [0.4, 0.5) is 0 Å².